The fourth-order valence-corrected chi connectivity index (χ4v) is 3.48. The van der Waals surface area contributed by atoms with E-state index in [2.05, 4.69) is 41.8 Å². The molecule has 0 spiro atoms. The molecule has 164 valence electrons. The van der Waals surface area contributed by atoms with E-state index in [9.17, 15) is 0 Å². The van der Waals surface area contributed by atoms with Gasteiger partial charge in [0, 0.05) is 0 Å². The van der Waals surface area contributed by atoms with E-state index >= 15 is 0 Å². The first-order chi connectivity index (χ1) is 13.6. The average molecular weight is 397 g/mol. The Morgan fingerprint density at radius 3 is 1.46 bits per heavy atom. The third-order valence-corrected chi connectivity index (χ3v) is 5.09. The maximum Gasteiger partial charge on any atom is 1.00 e. The standard InChI is InChI=1S/C22H43N2.CH2O3/c1-3-4-5-6-7-8-9-10-11-12-13-14-15-16-17-18-19-24-21-20-23(2)22-24;2-1(3)4/h20-22H,3-19H2,1-2H3;(H2,2,3,4)/q+1;/p-1. The molecule has 0 unspecified atom stereocenters. The number of aromatic nitrogens is 2. The molecule has 1 rings (SSSR count). The number of hydrogen-bond donors (Lipinski definition) is 0. The Morgan fingerprint density at radius 2 is 1.14 bits per heavy atom. The lowest BCUT2D eigenvalue weighted by atomic mass is 10.0. The quantitative estimate of drug-likeness (QED) is 0.292. The highest BCUT2D eigenvalue weighted by Crippen LogP contribution is 2.13. The molecule has 1 heterocycles. The van der Waals surface area contributed by atoms with Crippen molar-refractivity contribution < 1.29 is 21.0 Å². The van der Waals surface area contributed by atoms with Crippen LogP contribution in [0, 0.1) is 0 Å². The number of nitrogens with zero attached hydrogens (tertiary/aromatic N) is 2. The van der Waals surface area contributed by atoms with E-state index in [1.54, 1.807) is 0 Å². The highest BCUT2D eigenvalue weighted by Gasteiger charge is 1.99. The van der Waals surface area contributed by atoms with Crippen LogP contribution in [-0.2, 0) is 13.6 Å². The lowest BCUT2D eigenvalue weighted by molar-refractivity contribution is -0.671. The van der Waals surface area contributed by atoms with E-state index in [0.29, 0.717) is 0 Å². The smallest absolute Gasteiger partial charge is 0.652 e. The summed E-state index contributed by atoms with van der Waals surface area (Å²) in [5.74, 6) is 0. The lowest BCUT2D eigenvalue weighted by Gasteiger charge is -2.03. The van der Waals surface area contributed by atoms with Gasteiger partial charge in [0.05, 0.1) is 13.6 Å². The number of carbonyl (C=O) groups excluding carboxylic acids is 1. The van der Waals surface area contributed by atoms with Crippen LogP contribution in [0.1, 0.15) is 111 Å². The Kier molecular flexibility index (Phi) is 19.1. The molecule has 0 aliphatic rings. The molecule has 5 heteroatoms. The Bertz CT molecular complexity index is 463. The molecule has 0 atom stereocenters. The summed E-state index contributed by atoms with van der Waals surface area (Å²) in [4.78, 5) is 8.33. The molecule has 1 aromatic rings. The van der Waals surface area contributed by atoms with Crippen molar-refractivity contribution in [3.05, 3.63) is 18.7 Å². The van der Waals surface area contributed by atoms with Gasteiger partial charge in [0.15, 0.2) is 0 Å². The van der Waals surface area contributed by atoms with Crippen LogP contribution in [0.3, 0.4) is 0 Å². The van der Waals surface area contributed by atoms with Crippen molar-refractivity contribution in [2.75, 3.05) is 0 Å². The third kappa shape index (κ3) is 20.8. The van der Waals surface area contributed by atoms with Gasteiger partial charge in [-0.3, -0.25) is 0 Å². The van der Waals surface area contributed by atoms with Gasteiger partial charge >= 0.3 is 1.43 Å². The van der Waals surface area contributed by atoms with Crippen molar-refractivity contribution in [2.45, 2.75) is 116 Å². The van der Waals surface area contributed by atoms with Crippen LogP contribution < -0.4 is 14.8 Å². The van der Waals surface area contributed by atoms with Gasteiger partial charge in [-0.15, -0.1) is 0 Å². The number of aryl methyl sites for hydroxylation is 2. The predicted octanol–water partition coefficient (Wildman–Crippen LogP) is 4.24. The van der Waals surface area contributed by atoms with E-state index in [-0.39, 0.29) is 1.43 Å². The fourth-order valence-electron chi connectivity index (χ4n) is 3.48. The van der Waals surface area contributed by atoms with E-state index in [4.69, 9.17) is 15.0 Å². The average Bonchev–Trinajstić information content (AvgIpc) is 3.06. The molecular weight excluding hydrogens is 352 g/mol. The van der Waals surface area contributed by atoms with Gasteiger partial charge < -0.3 is 15.0 Å². The van der Waals surface area contributed by atoms with E-state index < -0.39 is 6.16 Å². The van der Waals surface area contributed by atoms with Crippen LogP contribution in [0.2, 0.25) is 0 Å². The number of rotatable bonds is 17. The predicted molar refractivity (Wildman–Crippen MR) is 112 cm³/mol. The summed E-state index contributed by atoms with van der Waals surface area (Å²) < 4.78 is 4.41. The van der Waals surface area contributed by atoms with E-state index in [1.165, 1.54) is 109 Å². The Morgan fingerprint density at radius 1 is 0.786 bits per heavy atom. The maximum atomic E-state index is 8.33. The highest BCUT2D eigenvalue weighted by atomic mass is 16.6. The Hall–Kier alpha value is -1.52. The van der Waals surface area contributed by atoms with Crippen molar-refractivity contribution in [1.29, 1.82) is 0 Å². The minimum Gasteiger partial charge on any atom is -0.652 e. The zero-order valence-electron chi connectivity index (χ0n) is 19.4. The highest BCUT2D eigenvalue weighted by molar-refractivity contribution is 5.47. The molecule has 1 aromatic heterocycles. The van der Waals surface area contributed by atoms with E-state index in [0.717, 1.165) is 0 Å². The third-order valence-electron chi connectivity index (χ3n) is 5.09. The van der Waals surface area contributed by atoms with Gasteiger partial charge in [0.1, 0.15) is 12.4 Å². The summed E-state index contributed by atoms with van der Waals surface area (Å²) in [6, 6.07) is 0. The number of carboxylic acid groups (broad SMARTS) is 2. The molecular formula is C23H44N2O3. The van der Waals surface area contributed by atoms with Gasteiger partial charge in [0.25, 0.3) is 0 Å². The number of imidazole rings is 1. The van der Waals surface area contributed by atoms with Crippen molar-refractivity contribution in [2.24, 2.45) is 7.05 Å². The summed E-state index contributed by atoms with van der Waals surface area (Å²) in [7, 11) is 2.09. The van der Waals surface area contributed by atoms with Crippen LogP contribution in [0.4, 0.5) is 4.79 Å². The molecule has 0 radical (unpaired) electrons. The molecule has 0 saturated heterocycles. The summed E-state index contributed by atoms with van der Waals surface area (Å²) in [5, 5.41) is 16.7. The Balaban J connectivity index is 0. The lowest BCUT2D eigenvalue weighted by Crippen LogP contribution is -2.37. The zero-order valence-corrected chi connectivity index (χ0v) is 18.4. The monoisotopic (exact) mass is 396 g/mol. The second kappa shape index (κ2) is 20.2. The first kappa shape index (κ1) is 26.5. The molecule has 0 fully saturated rings. The number of unbranched alkanes of at least 4 members (excludes halogenated alkanes) is 15. The second-order valence-electron chi connectivity index (χ2n) is 7.87. The molecule has 0 N–H and O–H groups in total. The number of carbonyl (C=O) groups is 1. The molecule has 0 amide bonds. The maximum absolute atomic E-state index is 8.33. The summed E-state index contributed by atoms with van der Waals surface area (Å²) >= 11 is 0. The van der Waals surface area contributed by atoms with Crippen LogP contribution in [0.5, 0.6) is 0 Å². The van der Waals surface area contributed by atoms with Crippen molar-refractivity contribution >= 4 is 6.16 Å². The molecule has 5 nitrogen and oxygen atoms in total. The minimum atomic E-state index is -2.33. The van der Waals surface area contributed by atoms with Crippen molar-refractivity contribution in [3.63, 3.8) is 0 Å². The summed E-state index contributed by atoms with van der Waals surface area (Å²) in [5.41, 5.74) is 0. The van der Waals surface area contributed by atoms with Gasteiger partial charge in [-0.1, -0.05) is 96.8 Å². The van der Waals surface area contributed by atoms with Gasteiger partial charge in [-0.25, -0.2) is 9.13 Å². The minimum absolute atomic E-state index is 0. The van der Waals surface area contributed by atoms with Gasteiger partial charge in [-0.05, 0) is 19.0 Å². The molecule has 0 aliphatic heterocycles. The molecule has 0 bridgehead atoms. The van der Waals surface area contributed by atoms with Crippen LogP contribution >= 0.6 is 0 Å². The Labute approximate surface area is 174 Å². The SMILES string of the molecule is CCCCCCCCCCCCCCCCCCn1cc[n+](C)c1.O=C([O-])[O-].[H+]. The number of hydrogen-bond acceptors (Lipinski definition) is 3. The topological polar surface area (TPSA) is 72.0 Å². The van der Waals surface area contributed by atoms with Gasteiger partial charge in [0.2, 0.25) is 6.33 Å². The van der Waals surface area contributed by atoms with E-state index in [1.807, 2.05) is 0 Å². The largest absolute Gasteiger partial charge is 1.00 e. The van der Waals surface area contributed by atoms with Crippen molar-refractivity contribution in [1.82, 2.24) is 4.57 Å². The van der Waals surface area contributed by atoms with Gasteiger partial charge in [-0.2, -0.15) is 0 Å². The normalized spacial score (nSPS) is 10.5. The summed E-state index contributed by atoms with van der Waals surface area (Å²) in [6.07, 6.45) is 27.2. The van der Waals surface area contributed by atoms with Crippen LogP contribution in [0.15, 0.2) is 18.7 Å². The molecule has 0 aliphatic carbocycles. The first-order valence-corrected chi connectivity index (χ1v) is 11.4. The molecule has 0 saturated carbocycles. The molecule has 28 heavy (non-hydrogen) atoms. The summed E-state index contributed by atoms with van der Waals surface area (Å²) in [6.45, 7) is 3.48. The first-order valence-electron chi connectivity index (χ1n) is 11.4. The van der Waals surface area contributed by atoms with Crippen LogP contribution in [-0.4, -0.2) is 10.7 Å². The fraction of sp³-hybridized carbons (Fsp3) is 0.826. The second-order valence-corrected chi connectivity index (χ2v) is 7.87. The van der Waals surface area contributed by atoms with Crippen molar-refractivity contribution in [3.8, 4) is 0 Å². The molecule has 0 aromatic carbocycles. The van der Waals surface area contributed by atoms with Crippen LogP contribution in [0.25, 0.3) is 0 Å². The zero-order chi connectivity index (χ0) is 20.9.